The predicted octanol–water partition coefficient (Wildman–Crippen LogP) is 4.11. The number of nitrogens with one attached hydrogen (secondary N) is 1. The van der Waals surface area contributed by atoms with Crippen LogP contribution in [0.25, 0.3) is 0 Å². The summed E-state index contributed by atoms with van der Waals surface area (Å²) in [5.74, 6) is -1.24. The van der Waals surface area contributed by atoms with Gasteiger partial charge in [0.15, 0.2) is 5.79 Å². The molecule has 0 amide bonds. The van der Waals surface area contributed by atoms with Crippen molar-refractivity contribution in [2.24, 2.45) is 0 Å². The minimum absolute atomic E-state index is 0.0106. The summed E-state index contributed by atoms with van der Waals surface area (Å²) < 4.78 is 52.2. The van der Waals surface area contributed by atoms with Crippen molar-refractivity contribution in [3.05, 3.63) is 23.4 Å². The molecule has 9 heteroatoms. The molecule has 1 aromatic heterocycles. The highest BCUT2D eigenvalue weighted by Gasteiger charge is 2.33. The molecule has 0 fully saturated rings. The van der Waals surface area contributed by atoms with Gasteiger partial charge in [0.2, 0.25) is 0 Å². The number of esters is 1. The zero-order chi connectivity index (χ0) is 20.5. The summed E-state index contributed by atoms with van der Waals surface area (Å²) in [5.41, 5.74) is -1.06. The highest BCUT2D eigenvalue weighted by atomic mass is 19.4. The Morgan fingerprint density at radius 3 is 2.08 bits per heavy atom. The van der Waals surface area contributed by atoms with Crippen LogP contribution in [-0.2, 0) is 20.4 Å². The van der Waals surface area contributed by atoms with Crippen LogP contribution < -0.4 is 5.32 Å². The normalized spacial score (nSPS) is 11.7. The number of nitrogens with zero attached hydrogens (tertiary/aromatic N) is 1. The Hall–Kier alpha value is -1.87. The number of hydrogen-bond acceptors (Lipinski definition) is 6. The van der Waals surface area contributed by atoms with E-state index in [1.807, 2.05) is 13.8 Å². The first-order chi connectivity index (χ1) is 11.9. The fourth-order valence-electron chi connectivity index (χ4n) is 1.46. The van der Waals surface area contributed by atoms with E-state index >= 15 is 0 Å². The first-order valence-corrected chi connectivity index (χ1v) is 8.00. The lowest BCUT2D eigenvalue weighted by molar-refractivity contribution is -0.178. The predicted molar refractivity (Wildman–Crippen MR) is 92.1 cm³/mol. The van der Waals surface area contributed by atoms with Crippen LogP contribution in [0, 0.1) is 0 Å². The van der Waals surface area contributed by atoms with Crippen molar-refractivity contribution < 1.29 is 32.2 Å². The molecule has 6 nitrogen and oxygen atoms in total. The molecule has 0 atom stereocenters. The maximum atomic E-state index is 12.6. The van der Waals surface area contributed by atoms with E-state index in [4.69, 9.17) is 14.2 Å². The number of anilines is 1. The molecule has 1 N–H and O–H groups in total. The van der Waals surface area contributed by atoms with E-state index in [0.29, 0.717) is 0 Å². The molecule has 0 radical (unpaired) electrons. The second kappa shape index (κ2) is 10.3. The fraction of sp³-hybridized carbons (Fsp3) is 0.647. The number of pyridine rings is 1. The first kappa shape index (κ1) is 24.1. The lowest BCUT2D eigenvalue weighted by Crippen LogP contribution is -2.24. The van der Waals surface area contributed by atoms with Crippen LogP contribution in [0.15, 0.2) is 12.1 Å². The maximum Gasteiger partial charge on any atom is 0.433 e. The summed E-state index contributed by atoms with van der Waals surface area (Å²) in [6, 6.07) is 1.67. The van der Waals surface area contributed by atoms with Gasteiger partial charge in [0.25, 0.3) is 0 Å². The summed E-state index contributed by atoms with van der Waals surface area (Å²) in [4.78, 5) is 15.1. The Morgan fingerprint density at radius 1 is 1.19 bits per heavy atom. The summed E-state index contributed by atoms with van der Waals surface area (Å²) in [6.07, 6.45) is -4.55. The molecule has 1 aromatic rings. The van der Waals surface area contributed by atoms with Crippen molar-refractivity contribution in [3.63, 3.8) is 0 Å². The van der Waals surface area contributed by atoms with Gasteiger partial charge in [-0.05, 0) is 46.8 Å². The second-order valence-electron chi connectivity index (χ2n) is 5.92. The number of halogens is 3. The molecule has 0 unspecified atom stereocenters. The van der Waals surface area contributed by atoms with Gasteiger partial charge in [-0.15, -0.1) is 0 Å². The zero-order valence-electron chi connectivity index (χ0n) is 16.2. The lowest BCUT2D eigenvalue weighted by Gasteiger charge is -2.19. The molecule has 0 aromatic carbocycles. The Bertz CT molecular complexity index is 570. The quantitative estimate of drug-likeness (QED) is 0.592. The first-order valence-electron chi connectivity index (χ1n) is 8.00. The van der Waals surface area contributed by atoms with Gasteiger partial charge in [-0.2, -0.15) is 13.2 Å². The van der Waals surface area contributed by atoms with E-state index in [-0.39, 0.29) is 24.0 Å². The van der Waals surface area contributed by atoms with Gasteiger partial charge in [-0.1, -0.05) is 0 Å². The second-order valence-corrected chi connectivity index (χ2v) is 5.92. The molecule has 1 rings (SSSR count). The van der Waals surface area contributed by atoms with Gasteiger partial charge in [0.1, 0.15) is 17.1 Å². The number of carbonyl (C=O) groups is 1. The minimum Gasteiger partial charge on any atom is -0.462 e. The third kappa shape index (κ3) is 8.48. The molecule has 26 heavy (non-hydrogen) atoms. The SMILES string of the molecule is CCOC(=O)c1ccc(C(F)(F)F)nc1NC(C)C.COC(C)(C)OC. The van der Waals surface area contributed by atoms with Crippen LogP contribution in [0.1, 0.15) is 50.7 Å². The molecule has 0 spiro atoms. The van der Waals surface area contributed by atoms with Crippen molar-refractivity contribution in [2.45, 2.75) is 52.6 Å². The molecule has 0 saturated carbocycles. The summed E-state index contributed by atoms with van der Waals surface area (Å²) in [5, 5.41) is 2.71. The van der Waals surface area contributed by atoms with E-state index in [2.05, 4.69) is 10.3 Å². The zero-order valence-corrected chi connectivity index (χ0v) is 16.2. The van der Waals surface area contributed by atoms with Crippen molar-refractivity contribution in [1.82, 2.24) is 4.98 Å². The molecule has 0 saturated heterocycles. The molecule has 0 aliphatic carbocycles. The maximum absolute atomic E-state index is 12.6. The van der Waals surface area contributed by atoms with Crippen molar-refractivity contribution in [1.29, 1.82) is 0 Å². The summed E-state index contributed by atoms with van der Waals surface area (Å²) >= 11 is 0. The average molecular weight is 380 g/mol. The monoisotopic (exact) mass is 380 g/mol. The third-order valence-corrected chi connectivity index (χ3v) is 3.09. The van der Waals surface area contributed by atoms with Gasteiger partial charge in [0.05, 0.1) is 6.61 Å². The number of hydrogen-bond donors (Lipinski definition) is 1. The molecule has 150 valence electrons. The Labute approximate surface area is 152 Å². The van der Waals surface area contributed by atoms with E-state index in [0.717, 1.165) is 12.1 Å². The van der Waals surface area contributed by atoms with Crippen LogP contribution in [0.4, 0.5) is 19.0 Å². The Balaban J connectivity index is 0.000000758. The molecule has 0 aliphatic heterocycles. The van der Waals surface area contributed by atoms with Crippen LogP contribution in [0.2, 0.25) is 0 Å². The van der Waals surface area contributed by atoms with Crippen molar-refractivity contribution >= 4 is 11.8 Å². The number of carbonyl (C=O) groups excluding carboxylic acids is 1. The van der Waals surface area contributed by atoms with Crippen LogP contribution >= 0.6 is 0 Å². The van der Waals surface area contributed by atoms with Gasteiger partial charge in [-0.25, -0.2) is 9.78 Å². The van der Waals surface area contributed by atoms with Gasteiger partial charge in [0, 0.05) is 20.3 Å². The Kier molecular flexibility index (Phi) is 9.58. The molecule has 0 aliphatic rings. The minimum atomic E-state index is -4.55. The van der Waals surface area contributed by atoms with Crippen LogP contribution in [0.3, 0.4) is 0 Å². The van der Waals surface area contributed by atoms with Crippen molar-refractivity contribution in [2.75, 3.05) is 26.1 Å². The van der Waals surface area contributed by atoms with Gasteiger partial charge < -0.3 is 19.5 Å². The number of methoxy groups -OCH3 is 2. The largest absolute Gasteiger partial charge is 0.462 e. The topological polar surface area (TPSA) is 69.7 Å². The average Bonchev–Trinajstić information content (AvgIpc) is 2.54. The summed E-state index contributed by atoms with van der Waals surface area (Å²) in [7, 11) is 3.23. The van der Waals surface area contributed by atoms with E-state index < -0.39 is 23.6 Å². The van der Waals surface area contributed by atoms with Crippen LogP contribution in [0.5, 0.6) is 0 Å². The highest BCUT2D eigenvalue weighted by Crippen LogP contribution is 2.29. The summed E-state index contributed by atoms with van der Waals surface area (Å²) in [6.45, 7) is 8.93. The number of alkyl halides is 3. The van der Waals surface area contributed by atoms with E-state index in [9.17, 15) is 18.0 Å². The Morgan fingerprint density at radius 2 is 1.73 bits per heavy atom. The molecule has 0 bridgehead atoms. The van der Waals surface area contributed by atoms with Crippen LogP contribution in [-0.4, -0.2) is 43.6 Å². The molecular weight excluding hydrogens is 353 g/mol. The van der Waals surface area contributed by atoms with E-state index in [1.165, 1.54) is 0 Å². The fourth-order valence-corrected chi connectivity index (χ4v) is 1.46. The number of aromatic nitrogens is 1. The van der Waals surface area contributed by atoms with Gasteiger partial charge >= 0.3 is 12.1 Å². The number of ether oxygens (including phenoxy) is 3. The highest BCUT2D eigenvalue weighted by molar-refractivity contribution is 5.94. The molecular formula is C17H27F3N2O4. The molecule has 1 heterocycles. The van der Waals surface area contributed by atoms with Crippen molar-refractivity contribution in [3.8, 4) is 0 Å². The number of rotatable bonds is 6. The van der Waals surface area contributed by atoms with E-state index in [1.54, 1.807) is 35.0 Å². The lowest BCUT2D eigenvalue weighted by atomic mass is 10.2. The smallest absolute Gasteiger partial charge is 0.433 e. The third-order valence-electron chi connectivity index (χ3n) is 3.09. The standard InChI is InChI=1S/C12H15F3N2O2.C5H12O2/c1-4-19-11(18)8-5-6-9(12(13,14)15)17-10(8)16-7(2)3;1-5(2,6-3)7-4/h5-7H,4H2,1-3H3,(H,16,17);1-4H3. The van der Waals surface area contributed by atoms with Gasteiger partial charge in [-0.3, -0.25) is 0 Å².